The lowest BCUT2D eigenvalue weighted by Gasteiger charge is -2.27. The number of aromatic nitrogens is 2. The zero-order chi connectivity index (χ0) is 25.5. The number of carbonyl (C=O) groups excluding carboxylic acids is 2. The van der Waals surface area contributed by atoms with Crippen LogP contribution >= 0.6 is 15.9 Å². The SMILES string of the molecule is CC(=O)C1=C(O)C(=O)N(c2ccc3c(c2)ncn3COCC[Si](C)(C)C)C1c1ccc(Br)cc1F. The van der Waals surface area contributed by atoms with Gasteiger partial charge in [0.2, 0.25) is 0 Å². The molecule has 0 spiro atoms. The van der Waals surface area contributed by atoms with Gasteiger partial charge in [-0.3, -0.25) is 14.5 Å². The van der Waals surface area contributed by atoms with Crippen LogP contribution in [0.3, 0.4) is 0 Å². The summed E-state index contributed by atoms with van der Waals surface area (Å²) in [6, 6.07) is 9.52. The molecule has 0 aliphatic carbocycles. The summed E-state index contributed by atoms with van der Waals surface area (Å²) >= 11 is 3.23. The van der Waals surface area contributed by atoms with Crippen LogP contribution in [0.4, 0.5) is 10.1 Å². The van der Waals surface area contributed by atoms with Gasteiger partial charge in [-0.1, -0.05) is 41.6 Å². The Labute approximate surface area is 212 Å². The number of ether oxygens (including phenoxy) is 1. The lowest BCUT2D eigenvalue weighted by molar-refractivity contribution is -0.117. The molecular formula is C25H27BrFN3O4Si. The summed E-state index contributed by atoms with van der Waals surface area (Å²) in [6.45, 7) is 9.16. The summed E-state index contributed by atoms with van der Waals surface area (Å²) in [7, 11) is -1.19. The molecule has 0 fully saturated rings. The third-order valence-electron chi connectivity index (χ3n) is 5.95. The molecule has 1 atom stereocenters. The first-order valence-corrected chi connectivity index (χ1v) is 15.7. The Morgan fingerprint density at radius 3 is 2.63 bits per heavy atom. The van der Waals surface area contributed by atoms with Crippen LogP contribution in [0.25, 0.3) is 11.0 Å². The molecule has 2 heterocycles. The molecule has 35 heavy (non-hydrogen) atoms. The number of hydrogen-bond acceptors (Lipinski definition) is 5. The molecule has 0 saturated heterocycles. The van der Waals surface area contributed by atoms with Crippen molar-refractivity contribution in [3.05, 3.63) is 69.9 Å². The fourth-order valence-corrected chi connectivity index (χ4v) is 5.18. The highest BCUT2D eigenvalue weighted by molar-refractivity contribution is 9.10. The third-order valence-corrected chi connectivity index (χ3v) is 8.15. The van der Waals surface area contributed by atoms with Gasteiger partial charge >= 0.3 is 0 Å². The highest BCUT2D eigenvalue weighted by atomic mass is 79.9. The molecule has 1 unspecified atom stereocenters. The molecule has 0 bridgehead atoms. The van der Waals surface area contributed by atoms with Gasteiger partial charge in [0.05, 0.1) is 29.0 Å². The van der Waals surface area contributed by atoms with E-state index in [0.717, 1.165) is 11.6 Å². The van der Waals surface area contributed by atoms with E-state index in [4.69, 9.17) is 4.74 Å². The maximum absolute atomic E-state index is 14.9. The number of amides is 1. The average molecular weight is 560 g/mol. The Balaban J connectivity index is 1.68. The van der Waals surface area contributed by atoms with Crippen LogP contribution < -0.4 is 4.90 Å². The zero-order valence-corrected chi connectivity index (χ0v) is 22.6. The number of rotatable bonds is 8. The van der Waals surface area contributed by atoms with Crippen molar-refractivity contribution in [2.75, 3.05) is 11.5 Å². The van der Waals surface area contributed by atoms with Gasteiger partial charge in [-0.15, -0.1) is 0 Å². The quantitative estimate of drug-likeness (QED) is 0.281. The van der Waals surface area contributed by atoms with Crippen molar-refractivity contribution in [3.63, 3.8) is 0 Å². The van der Waals surface area contributed by atoms with Crippen LogP contribution in [0.15, 0.2) is 58.5 Å². The van der Waals surface area contributed by atoms with Gasteiger partial charge in [0, 0.05) is 30.4 Å². The van der Waals surface area contributed by atoms with Gasteiger partial charge in [0.25, 0.3) is 5.91 Å². The van der Waals surface area contributed by atoms with Crippen LogP contribution in [0.2, 0.25) is 25.7 Å². The highest BCUT2D eigenvalue weighted by Gasteiger charge is 2.44. The predicted octanol–water partition coefficient (Wildman–Crippen LogP) is 5.74. The van der Waals surface area contributed by atoms with Crippen LogP contribution in [0.5, 0.6) is 0 Å². The van der Waals surface area contributed by atoms with Crippen molar-refractivity contribution in [1.29, 1.82) is 0 Å². The van der Waals surface area contributed by atoms with Crippen LogP contribution in [-0.4, -0.2) is 41.0 Å². The van der Waals surface area contributed by atoms with Crippen LogP contribution in [0.1, 0.15) is 18.5 Å². The first-order valence-electron chi connectivity index (χ1n) is 11.2. The van der Waals surface area contributed by atoms with E-state index < -0.39 is 37.4 Å². The number of carbonyl (C=O) groups is 2. The minimum absolute atomic E-state index is 0.109. The smallest absolute Gasteiger partial charge is 0.294 e. The molecule has 7 nitrogen and oxygen atoms in total. The standard InChI is InChI=1S/C25H27BrFN3O4Si/c1-15(31)22-23(18-7-5-16(26)11-19(18)27)30(25(33)24(22)32)17-6-8-21-20(12-17)28-13-29(21)14-34-9-10-35(2,3)4/h5-8,11-13,23,32H,9-10,14H2,1-4H3. The molecule has 10 heteroatoms. The predicted molar refractivity (Wildman–Crippen MR) is 139 cm³/mol. The molecular weight excluding hydrogens is 533 g/mol. The van der Waals surface area contributed by atoms with Crippen molar-refractivity contribution < 1.29 is 23.8 Å². The van der Waals surface area contributed by atoms with E-state index in [-0.39, 0.29) is 11.1 Å². The van der Waals surface area contributed by atoms with Gasteiger partial charge in [-0.25, -0.2) is 9.37 Å². The molecule has 1 N–H and O–H groups in total. The van der Waals surface area contributed by atoms with E-state index >= 15 is 0 Å². The average Bonchev–Trinajstić information content (AvgIpc) is 3.28. The van der Waals surface area contributed by atoms with Crippen LogP contribution in [0, 0.1) is 5.82 Å². The Morgan fingerprint density at radius 1 is 1.23 bits per heavy atom. The zero-order valence-electron chi connectivity index (χ0n) is 20.0. The Kier molecular flexibility index (Phi) is 6.99. The summed E-state index contributed by atoms with van der Waals surface area (Å²) in [5.41, 5.74) is 1.77. The van der Waals surface area contributed by atoms with Crippen LogP contribution in [-0.2, 0) is 21.1 Å². The van der Waals surface area contributed by atoms with Crippen molar-refractivity contribution in [1.82, 2.24) is 9.55 Å². The second-order valence-corrected chi connectivity index (χ2v) is 16.3. The molecule has 1 aromatic heterocycles. The number of aliphatic hydroxyl groups excluding tert-OH is 1. The number of nitrogens with zero attached hydrogens (tertiary/aromatic N) is 3. The molecule has 0 saturated carbocycles. The normalized spacial score (nSPS) is 16.6. The molecule has 184 valence electrons. The van der Waals surface area contributed by atoms with E-state index in [1.165, 1.54) is 24.0 Å². The lowest BCUT2D eigenvalue weighted by atomic mass is 9.96. The van der Waals surface area contributed by atoms with Gasteiger partial charge in [-0.05, 0) is 43.3 Å². The number of aliphatic hydroxyl groups is 1. The molecule has 3 aromatic rings. The molecule has 1 aliphatic rings. The minimum atomic E-state index is -1.19. The molecule has 1 amide bonds. The number of hydrogen-bond donors (Lipinski definition) is 1. The van der Waals surface area contributed by atoms with E-state index in [1.54, 1.807) is 30.6 Å². The van der Waals surface area contributed by atoms with E-state index in [2.05, 4.69) is 40.6 Å². The van der Waals surface area contributed by atoms with Gasteiger partial charge < -0.3 is 14.4 Å². The fraction of sp³-hybridized carbons (Fsp3) is 0.320. The summed E-state index contributed by atoms with van der Waals surface area (Å²) < 4.78 is 23.2. The fourth-order valence-electron chi connectivity index (χ4n) is 4.09. The second-order valence-electron chi connectivity index (χ2n) is 9.80. The maximum atomic E-state index is 14.9. The summed E-state index contributed by atoms with van der Waals surface area (Å²) in [5.74, 6) is -2.55. The monoisotopic (exact) mass is 559 g/mol. The van der Waals surface area contributed by atoms with E-state index in [0.29, 0.717) is 29.0 Å². The van der Waals surface area contributed by atoms with Crippen molar-refractivity contribution in [2.45, 2.75) is 45.4 Å². The van der Waals surface area contributed by atoms with Gasteiger partial charge in [-0.2, -0.15) is 0 Å². The number of Topliss-reactive ketones (excluding diaryl/α,β-unsaturated/α-hetero) is 1. The van der Waals surface area contributed by atoms with Gasteiger partial charge in [0.15, 0.2) is 11.5 Å². The lowest BCUT2D eigenvalue weighted by Crippen LogP contribution is -2.31. The third kappa shape index (κ3) is 5.09. The molecule has 1 aliphatic heterocycles. The molecule has 4 rings (SSSR count). The van der Waals surface area contributed by atoms with E-state index in [1.807, 2.05) is 4.57 Å². The van der Waals surface area contributed by atoms with Crippen molar-refractivity contribution >= 4 is 52.4 Å². The number of imidazole rings is 1. The summed E-state index contributed by atoms with van der Waals surface area (Å²) in [4.78, 5) is 31.1. The number of ketones is 1. The van der Waals surface area contributed by atoms with Gasteiger partial charge in [0.1, 0.15) is 12.5 Å². The first-order chi connectivity index (χ1) is 16.5. The Morgan fingerprint density at radius 2 is 1.97 bits per heavy atom. The number of fused-ring (bicyclic) bond motifs is 1. The first kappa shape index (κ1) is 25.3. The molecule has 0 radical (unpaired) electrons. The Bertz CT molecular complexity index is 1350. The largest absolute Gasteiger partial charge is 0.503 e. The van der Waals surface area contributed by atoms with Crippen molar-refractivity contribution in [3.8, 4) is 0 Å². The number of benzene rings is 2. The van der Waals surface area contributed by atoms with E-state index in [9.17, 15) is 19.1 Å². The maximum Gasteiger partial charge on any atom is 0.294 e. The molecule has 2 aromatic carbocycles. The minimum Gasteiger partial charge on any atom is -0.503 e. The second kappa shape index (κ2) is 9.67. The van der Waals surface area contributed by atoms with Crippen molar-refractivity contribution in [2.24, 2.45) is 0 Å². The summed E-state index contributed by atoms with van der Waals surface area (Å²) in [6.07, 6.45) is 1.66. The Hall–Kier alpha value is -2.82. The highest BCUT2D eigenvalue weighted by Crippen LogP contribution is 2.42. The topological polar surface area (TPSA) is 84.7 Å². The number of halogens is 2. The summed E-state index contributed by atoms with van der Waals surface area (Å²) in [5, 5.41) is 10.5. The number of anilines is 1.